The maximum atomic E-state index is 13.6. The normalized spacial score (nSPS) is 19.3. The first-order chi connectivity index (χ1) is 18.7. The van der Waals surface area contributed by atoms with E-state index in [-0.39, 0.29) is 47.0 Å². The molecule has 1 saturated carbocycles. The molecule has 1 fully saturated rings. The van der Waals surface area contributed by atoms with Crippen LogP contribution in [0, 0.1) is 5.92 Å². The van der Waals surface area contributed by atoms with Crippen molar-refractivity contribution in [3.63, 3.8) is 0 Å². The fourth-order valence-corrected chi connectivity index (χ4v) is 4.56. The lowest BCUT2D eigenvalue weighted by Crippen LogP contribution is -2.36. The van der Waals surface area contributed by atoms with Gasteiger partial charge in [0.25, 0.3) is 5.91 Å². The van der Waals surface area contributed by atoms with E-state index in [0.717, 1.165) is 9.58 Å². The zero-order chi connectivity index (χ0) is 29.0. The summed E-state index contributed by atoms with van der Waals surface area (Å²) in [4.78, 5) is 25.4. The molecule has 1 N–H and O–H groups in total. The first kappa shape index (κ1) is 27.6. The van der Waals surface area contributed by atoms with E-state index in [4.69, 9.17) is 21.4 Å². The number of amides is 1. The molecule has 2 aliphatic rings. The first-order valence-electron chi connectivity index (χ1n) is 11.7. The summed E-state index contributed by atoms with van der Waals surface area (Å²) in [6.07, 6.45) is -8.78. The van der Waals surface area contributed by atoms with Crippen molar-refractivity contribution in [3.8, 4) is 17.2 Å². The second kappa shape index (κ2) is 9.93. The zero-order valence-electron chi connectivity index (χ0n) is 20.4. The van der Waals surface area contributed by atoms with Crippen molar-refractivity contribution in [2.24, 2.45) is 5.92 Å². The minimum absolute atomic E-state index is 0.0401. The Balaban J connectivity index is 1.41. The number of carboxylic acid groups (broad SMARTS) is 1. The predicted octanol–water partition coefficient (Wildman–Crippen LogP) is 5.52. The molecule has 0 unspecified atom stereocenters. The highest BCUT2D eigenvalue weighted by Gasteiger charge is 2.44. The number of aromatic nitrogens is 2. The minimum atomic E-state index is -4.88. The highest BCUT2D eigenvalue weighted by Crippen LogP contribution is 2.43. The molecule has 1 aliphatic carbocycles. The topological polar surface area (TPSA) is 103 Å². The summed E-state index contributed by atoms with van der Waals surface area (Å²) in [5, 5.41) is 12.0. The quantitative estimate of drug-likeness (QED) is 0.363. The molecular weight excluding hydrogens is 569 g/mol. The number of anilines is 1. The van der Waals surface area contributed by atoms with Crippen LogP contribution in [0.5, 0.6) is 11.5 Å². The summed E-state index contributed by atoms with van der Waals surface area (Å²) in [6, 6.07) is 9.30. The molecule has 0 spiro atoms. The van der Waals surface area contributed by atoms with Crippen LogP contribution < -0.4 is 14.4 Å². The second-order valence-electron chi connectivity index (χ2n) is 9.17. The van der Waals surface area contributed by atoms with E-state index < -0.39 is 53.7 Å². The Morgan fingerprint density at radius 3 is 2.55 bits per heavy atom. The van der Waals surface area contributed by atoms with Gasteiger partial charge in [0.05, 0.1) is 35.0 Å². The van der Waals surface area contributed by atoms with E-state index in [0.29, 0.717) is 0 Å². The predicted molar refractivity (Wildman–Crippen MR) is 128 cm³/mol. The molecule has 0 bridgehead atoms. The molecule has 0 radical (unpaired) electrons. The van der Waals surface area contributed by atoms with Crippen molar-refractivity contribution in [3.05, 3.63) is 64.4 Å². The zero-order valence-corrected chi connectivity index (χ0v) is 21.2. The van der Waals surface area contributed by atoms with Crippen molar-refractivity contribution in [2.45, 2.75) is 38.0 Å². The van der Waals surface area contributed by atoms with Gasteiger partial charge in [0.15, 0.2) is 17.2 Å². The van der Waals surface area contributed by atoms with E-state index >= 15 is 0 Å². The van der Waals surface area contributed by atoms with Crippen LogP contribution in [0.25, 0.3) is 5.69 Å². The van der Waals surface area contributed by atoms with Crippen LogP contribution in [-0.2, 0) is 22.3 Å². The van der Waals surface area contributed by atoms with Crippen molar-refractivity contribution in [2.75, 3.05) is 11.9 Å². The highest BCUT2D eigenvalue weighted by molar-refractivity contribution is 6.32. The van der Waals surface area contributed by atoms with Gasteiger partial charge in [0, 0.05) is 24.4 Å². The monoisotopic (exact) mass is 587 g/mol. The van der Waals surface area contributed by atoms with Crippen molar-refractivity contribution in [1.29, 1.82) is 0 Å². The Labute approximate surface area is 227 Å². The minimum Gasteiger partial charge on any atom is -0.481 e. The highest BCUT2D eigenvalue weighted by atomic mass is 35.5. The van der Waals surface area contributed by atoms with Gasteiger partial charge in [-0.05, 0) is 43.2 Å². The third-order valence-corrected chi connectivity index (χ3v) is 6.90. The summed E-state index contributed by atoms with van der Waals surface area (Å²) in [5.41, 5.74) is -1.19. The Morgan fingerprint density at radius 1 is 1.18 bits per heavy atom. The largest absolute Gasteiger partial charge is 0.586 e. The Kier molecular flexibility index (Phi) is 6.86. The summed E-state index contributed by atoms with van der Waals surface area (Å²) < 4.78 is 82.9. The number of ether oxygens (including phenoxy) is 3. The van der Waals surface area contributed by atoms with Crippen LogP contribution in [0.3, 0.4) is 0 Å². The van der Waals surface area contributed by atoms with E-state index in [1.807, 2.05) is 0 Å². The lowest BCUT2D eigenvalue weighted by atomic mass is 9.82. The number of carboxylic acids is 1. The van der Waals surface area contributed by atoms with Crippen LogP contribution in [0.2, 0.25) is 5.02 Å². The molecule has 2 aromatic carbocycles. The van der Waals surface area contributed by atoms with E-state index in [2.05, 4.69) is 14.6 Å². The Hall–Kier alpha value is -3.91. The summed E-state index contributed by atoms with van der Waals surface area (Å²) >= 11 is 6.06. The van der Waals surface area contributed by atoms with Gasteiger partial charge in [-0.1, -0.05) is 17.7 Å². The second-order valence-corrected chi connectivity index (χ2v) is 9.55. The van der Waals surface area contributed by atoms with Crippen LogP contribution in [0.15, 0.2) is 42.5 Å². The molecule has 5 rings (SSSR count). The molecular formula is C25H19ClF5N3O6. The molecule has 1 aromatic heterocycles. The van der Waals surface area contributed by atoms with Gasteiger partial charge in [-0.2, -0.15) is 18.3 Å². The van der Waals surface area contributed by atoms with Gasteiger partial charge in [0.1, 0.15) is 0 Å². The van der Waals surface area contributed by atoms with Gasteiger partial charge in [-0.25, -0.2) is 4.68 Å². The summed E-state index contributed by atoms with van der Waals surface area (Å²) in [6.45, 7) is -0.390. The molecule has 2 heterocycles. The lowest BCUT2D eigenvalue weighted by molar-refractivity contribution is -0.286. The van der Waals surface area contributed by atoms with Gasteiger partial charge < -0.3 is 24.2 Å². The average molecular weight is 588 g/mol. The maximum absolute atomic E-state index is 13.6. The number of carbonyl (C=O) groups is 2. The number of nitrogens with zero attached hydrogens (tertiary/aromatic N) is 3. The summed E-state index contributed by atoms with van der Waals surface area (Å²) in [5.74, 6) is -2.66. The molecule has 9 nitrogen and oxygen atoms in total. The summed E-state index contributed by atoms with van der Waals surface area (Å²) in [7, 11) is 1.37. The van der Waals surface area contributed by atoms with Crippen molar-refractivity contribution < 1.29 is 50.9 Å². The van der Waals surface area contributed by atoms with Crippen LogP contribution >= 0.6 is 11.6 Å². The fraction of sp³-hybridized carbons (Fsp3) is 0.320. The van der Waals surface area contributed by atoms with Crippen LogP contribution in [0.1, 0.15) is 34.6 Å². The Bertz CT molecular complexity index is 1490. The number of benzene rings is 2. The fourth-order valence-electron chi connectivity index (χ4n) is 4.28. The molecule has 1 aliphatic heterocycles. The number of hydrogen-bond acceptors (Lipinski definition) is 6. The molecule has 1 amide bonds. The molecule has 3 aromatic rings. The number of rotatable bonds is 7. The third-order valence-electron chi connectivity index (χ3n) is 6.50. The van der Waals surface area contributed by atoms with Crippen LogP contribution in [0.4, 0.5) is 27.6 Å². The van der Waals surface area contributed by atoms with Crippen molar-refractivity contribution >= 4 is 29.2 Å². The molecule has 212 valence electrons. The number of carbonyl (C=O) groups excluding carboxylic acids is 1. The van der Waals surface area contributed by atoms with Crippen molar-refractivity contribution in [1.82, 2.24) is 9.78 Å². The van der Waals surface area contributed by atoms with E-state index in [9.17, 15) is 31.5 Å². The third kappa shape index (κ3) is 5.28. The number of hydrogen-bond donors (Lipinski definition) is 1. The standard InChI is InChI=1S/C25H19ClF5N3O6/c1-33(14-5-6-18-19(10-14)40-25(30,31)39-18)22(35)12-3-2-4-15(7-12)34-17(20(26)21(32-34)24(27,28)29)11-38-16-8-13(9-16)23(36)37/h2-7,10,13,16H,8-9,11H2,1H3,(H,36,37). The molecule has 0 atom stereocenters. The maximum Gasteiger partial charge on any atom is 0.586 e. The number of halogens is 6. The lowest BCUT2D eigenvalue weighted by Gasteiger charge is -2.32. The molecule has 40 heavy (non-hydrogen) atoms. The number of aliphatic carboxylic acids is 1. The number of fused-ring (bicyclic) bond motifs is 1. The average Bonchev–Trinajstić information content (AvgIpc) is 3.36. The van der Waals surface area contributed by atoms with Crippen LogP contribution in [-0.4, -0.2) is 46.2 Å². The van der Waals surface area contributed by atoms with Gasteiger partial charge in [-0.15, -0.1) is 8.78 Å². The SMILES string of the molecule is CN(C(=O)c1cccc(-n2nc(C(F)(F)F)c(Cl)c2COC2CC(C(=O)O)C2)c1)c1ccc2c(c1)OC(F)(F)O2. The number of alkyl halides is 5. The Morgan fingerprint density at radius 2 is 1.88 bits per heavy atom. The van der Waals surface area contributed by atoms with Gasteiger partial charge in [0.2, 0.25) is 0 Å². The van der Waals surface area contributed by atoms with Gasteiger partial charge >= 0.3 is 18.4 Å². The van der Waals surface area contributed by atoms with E-state index in [1.54, 1.807) is 0 Å². The molecule has 0 saturated heterocycles. The first-order valence-corrected chi connectivity index (χ1v) is 12.1. The van der Waals surface area contributed by atoms with E-state index in [1.165, 1.54) is 49.5 Å². The molecule has 15 heteroatoms. The smallest absolute Gasteiger partial charge is 0.481 e. The van der Waals surface area contributed by atoms with Gasteiger partial charge in [-0.3, -0.25) is 9.59 Å².